The van der Waals surface area contributed by atoms with E-state index in [4.69, 9.17) is 4.74 Å². The molecule has 0 aromatic heterocycles. The van der Waals surface area contributed by atoms with Gasteiger partial charge in [0.2, 0.25) is 0 Å². The molecule has 0 bridgehead atoms. The Morgan fingerprint density at radius 1 is 1.05 bits per heavy atom. The molecule has 2 rings (SSSR count). The van der Waals surface area contributed by atoms with E-state index in [1.54, 1.807) is 0 Å². The summed E-state index contributed by atoms with van der Waals surface area (Å²) in [5.74, 6) is 1.11. The van der Waals surface area contributed by atoms with Gasteiger partial charge in [0.05, 0.1) is 12.2 Å². The lowest BCUT2D eigenvalue weighted by atomic mass is 9.80. The summed E-state index contributed by atoms with van der Waals surface area (Å²) >= 11 is 0. The van der Waals surface area contributed by atoms with E-state index in [1.165, 1.54) is 16.7 Å². The number of benzene rings is 1. The summed E-state index contributed by atoms with van der Waals surface area (Å²) in [5.41, 5.74) is 4.11. The van der Waals surface area contributed by atoms with Gasteiger partial charge < -0.3 is 10.1 Å². The van der Waals surface area contributed by atoms with Crippen LogP contribution in [0.4, 0.5) is 0 Å². The first-order valence-electron chi connectivity index (χ1n) is 8.41. The molecule has 1 fully saturated rings. The fraction of sp³-hybridized carbons (Fsp3) is 0.684. The minimum atomic E-state index is 0.310. The van der Waals surface area contributed by atoms with Gasteiger partial charge in [0.25, 0.3) is 0 Å². The van der Waals surface area contributed by atoms with Crippen LogP contribution in [0.2, 0.25) is 0 Å². The van der Waals surface area contributed by atoms with Crippen molar-refractivity contribution < 1.29 is 4.74 Å². The van der Waals surface area contributed by atoms with Gasteiger partial charge in [-0.05, 0) is 52.1 Å². The molecule has 1 aromatic carbocycles. The Balaban J connectivity index is 2.33. The van der Waals surface area contributed by atoms with Crippen LogP contribution in [0.25, 0.3) is 0 Å². The highest BCUT2D eigenvalue weighted by atomic mass is 16.5. The molecule has 118 valence electrons. The van der Waals surface area contributed by atoms with Crippen molar-refractivity contribution in [3.05, 3.63) is 34.9 Å². The monoisotopic (exact) mass is 289 g/mol. The lowest BCUT2D eigenvalue weighted by Gasteiger charge is -2.31. The van der Waals surface area contributed by atoms with Gasteiger partial charge >= 0.3 is 0 Å². The zero-order valence-electron chi connectivity index (χ0n) is 14.4. The maximum absolute atomic E-state index is 6.09. The first kappa shape index (κ1) is 16.5. The highest BCUT2D eigenvalue weighted by molar-refractivity contribution is 5.31. The molecule has 2 heteroatoms. The van der Waals surface area contributed by atoms with Crippen LogP contribution >= 0.6 is 0 Å². The van der Waals surface area contributed by atoms with Crippen molar-refractivity contribution in [3.8, 4) is 0 Å². The van der Waals surface area contributed by atoms with Crippen LogP contribution in [0.5, 0.6) is 0 Å². The standard InChI is InChI=1S/C19H31NO/c1-7-8-20-19(17-10-12(2)9-13(3)11-17)18-14(4)15(5)21-16(18)6/h9-11,14-16,18-20H,7-8H2,1-6H3. The van der Waals surface area contributed by atoms with Crippen molar-refractivity contribution in [1.29, 1.82) is 0 Å². The highest BCUT2D eigenvalue weighted by Gasteiger charge is 2.42. The second-order valence-electron chi connectivity index (χ2n) is 6.84. The van der Waals surface area contributed by atoms with Crippen LogP contribution in [0.15, 0.2) is 18.2 Å². The third-order valence-electron chi connectivity index (χ3n) is 4.92. The number of aryl methyl sites for hydroxylation is 2. The Labute approximate surface area is 130 Å². The molecule has 1 aliphatic heterocycles. The van der Waals surface area contributed by atoms with Gasteiger partial charge in [0, 0.05) is 12.0 Å². The topological polar surface area (TPSA) is 21.3 Å². The van der Waals surface area contributed by atoms with E-state index in [0.717, 1.165) is 13.0 Å². The van der Waals surface area contributed by atoms with E-state index in [9.17, 15) is 0 Å². The highest BCUT2D eigenvalue weighted by Crippen LogP contribution is 2.40. The maximum atomic E-state index is 6.09. The minimum Gasteiger partial charge on any atom is -0.375 e. The summed E-state index contributed by atoms with van der Waals surface area (Å²) in [5, 5.41) is 3.78. The van der Waals surface area contributed by atoms with Crippen LogP contribution in [0.1, 0.15) is 56.8 Å². The molecule has 0 saturated carbocycles. The van der Waals surface area contributed by atoms with Crippen molar-refractivity contribution in [2.45, 2.75) is 66.2 Å². The van der Waals surface area contributed by atoms with E-state index < -0.39 is 0 Å². The second kappa shape index (κ2) is 6.93. The van der Waals surface area contributed by atoms with Gasteiger partial charge in [-0.2, -0.15) is 0 Å². The largest absolute Gasteiger partial charge is 0.375 e. The predicted octanol–water partition coefficient (Wildman–Crippen LogP) is 4.40. The summed E-state index contributed by atoms with van der Waals surface area (Å²) < 4.78 is 6.09. The molecule has 1 heterocycles. The molecule has 5 atom stereocenters. The molecule has 0 radical (unpaired) electrons. The van der Waals surface area contributed by atoms with E-state index in [-0.39, 0.29) is 0 Å². The number of ether oxygens (including phenoxy) is 1. The molecule has 5 unspecified atom stereocenters. The van der Waals surface area contributed by atoms with E-state index in [0.29, 0.717) is 30.1 Å². The lowest BCUT2D eigenvalue weighted by Crippen LogP contribution is -2.35. The van der Waals surface area contributed by atoms with E-state index in [2.05, 4.69) is 65.1 Å². The van der Waals surface area contributed by atoms with Gasteiger partial charge in [0.1, 0.15) is 0 Å². The summed E-state index contributed by atoms with van der Waals surface area (Å²) in [6, 6.07) is 7.31. The average Bonchev–Trinajstić information content (AvgIpc) is 2.64. The Kier molecular flexibility index (Phi) is 5.45. The van der Waals surface area contributed by atoms with Crippen molar-refractivity contribution in [2.75, 3.05) is 6.54 Å². The molecule has 1 saturated heterocycles. The molecule has 2 nitrogen and oxygen atoms in total. The summed E-state index contributed by atoms with van der Waals surface area (Å²) in [6.07, 6.45) is 1.82. The van der Waals surface area contributed by atoms with Crippen LogP contribution in [-0.2, 0) is 4.74 Å². The SMILES string of the molecule is CCCNC(c1cc(C)cc(C)c1)C1C(C)OC(C)C1C. The Morgan fingerprint density at radius 3 is 2.14 bits per heavy atom. The van der Waals surface area contributed by atoms with E-state index >= 15 is 0 Å². The molecular formula is C19H31NO. The zero-order valence-corrected chi connectivity index (χ0v) is 14.4. The zero-order chi connectivity index (χ0) is 15.6. The third kappa shape index (κ3) is 3.67. The van der Waals surface area contributed by atoms with Crippen LogP contribution in [-0.4, -0.2) is 18.8 Å². The minimum absolute atomic E-state index is 0.310. The summed E-state index contributed by atoms with van der Waals surface area (Å²) in [4.78, 5) is 0. The fourth-order valence-corrected chi connectivity index (χ4v) is 3.83. The van der Waals surface area contributed by atoms with Crippen LogP contribution < -0.4 is 5.32 Å². The van der Waals surface area contributed by atoms with Crippen LogP contribution in [0, 0.1) is 25.7 Å². The normalized spacial score (nSPS) is 30.6. The summed E-state index contributed by atoms with van der Waals surface area (Å²) in [6.45, 7) is 14.4. The smallest absolute Gasteiger partial charge is 0.0600 e. The van der Waals surface area contributed by atoms with E-state index in [1.807, 2.05) is 0 Å². The third-order valence-corrected chi connectivity index (χ3v) is 4.92. The predicted molar refractivity (Wildman–Crippen MR) is 89.6 cm³/mol. The first-order chi connectivity index (χ1) is 9.93. The molecule has 1 N–H and O–H groups in total. The molecule has 0 amide bonds. The Bertz CT molecular complexity index is 450. The number of hydrogen-bond donors (Lipinski definition) is 1. The van der Waals surface area contributed by atoms with Gasteiger partial charge in [-0.25, -0.2) is 0 Å². The Morgan fingerprint density at radius 2 is 1.67 bits per heavy atom. The molecular weight excluding hydrogens is 258 g/mol. The van der Waals surface area contributed by atoms with Gasteiger partial charge in [-0.3, -0.25) is 0 Å². The van der Waals surface area contributed by atoms with Crippen molar-refractivity contribution in [3.63, 3.8) is 0 Å². The molecule has 21 heavy (non-hydrogen) atoms. The number of nitrogens with one attached hydrogen (secondary N) is 1. The number of rotatable bonds is 5. The molecule has 0 spiro atoms. The molecule has 0 aliphatic carbocycles. The second-order valence-corrected chi connectivity index (χ2v) is 6.84. The Hall–Kier alpha value is -0.860. The first-order valence-corrected chi connectivity index (χ1v) is 8.41. The van der Waals surface area contributed by atoms with Crippen molar-refractivity contribution in [1.82, 2.24) is 5.32 Å². The molecule has 1 aliphatic rings. The van der Waals surface area contributed by atoms with Crippen LogP contribution in [0.3, 0.4) is 0 Å². The average molecular weight is 289 g/mol. The van der Waals surface area contributed by atoms with Crippen molar-refractivity contribution in [2.24, 2.45) is 11.8 Å². The summed E-state index contributed by atoms with van der Waals surface area (Å²) in [7, 11) is 0. The van der Waals surface area contributed by atoms with Gasteiger partial charge in [-0.1, -0.05) is 43.2 Å². The quantitative estimate of drug-likeness (QED) is 0.867. The fourth-order valence-electron chi connectivity index (χ4n) is 3.83. The van der Waals surface area contributed by atoms with Gasteiger partial charge in [-0.15, -0.1) is 0 Å². The van der Waals surface area contributed by atoms with Crippen molar-refractivity contribution >= 4 is 0 Å². The number of hydrogen-bond acceptors (Lipinski definition) is 2. The maximum Gasteiger partial charge on any atom is 0.0600 e. The van der Waals surface area contributed by atoms with Gasteiger partial charge in [0.15, 0.2) is 0 Å². The lowest BCUT2D eigenvalue weighted by molar-refractivity contribution is 0.0475. The molecule has 1 aromatic rings.